The van der Waals surface area contributed by atoms with E-state index in [1.807, 2.05) is 4.90 Å². The number of nitrogens with one attached hydrogen (secondary N) is 1. The highest BCUT2D eigenvalue weighted by Gasteiger charge is 2.35. The molecule has 1 aliphatic carbocycles. The van der Waals surface area contributed by atoms with Gasteiger partial charge in [-0.15, -0.1) is 0 Å². The summed E-state index contributed by atoms with van der Waals surface area (Å²) < 4.78 is 5.12. The first kappa shape index (κ1) is 15.2. The van der Waals surface area contributed by atoms with Gasteiger partial charge in [0.15, 0.2) is 0 Å². The number of carbonyl (C=O) groups is 1. The Morgan fingerprint density at radius 2 is 2.09 bits per heavy atom. The Morgan fingerprint density at radius 1 is 1.26 bits per heavy atom. The molecule has 0 radical (unpaired) electrons. The van der Waals surface area contributed by atoms with Gasteiger partial charge in [-0.05, 0) is 79.8 Å². The quantitative estimate of drug-likeness (QED) is 0.930. The predicted molar refractivity (Wildman–Crippen MR) is 91.2 cm³/mol. The zero-order chi connectivity index (χ0) is 15.8. The lowest BCUT2D eigenvalue weighted by Gasteiger charge is -2.34. The summed E-state index contributed by atoms with van der Waals surface area (Å²) in [6.07, 6.45) is 6.94. The molecule has 2 aliphatic heterocycles. The van der Waals surface area contributed by atoms with Gasteiger partial charge in [-0.2, -0.15) is 0 Å². The van der Waals surface area contributed by atoms with Gasteiger partial charge in [0.05, 0.1) is 5.69 Å². The van der Waals surface area contributed by atoms with Gasteiger partial charge in [0.1, 0.15) is 6.61 Å². The number of methoxy groups -OCH3 is 1. The van der Waals surface area contributed by atoms with Crippen LogP contribution in [0.5, 0.6) is 0 Å². The monoisotopic (exact) mass is 314 g/mol. The molecule has 0 aromatic heterocycles. The SMILES string of the molecule is COCC(=O)N1CCCc2cc3c(c(C4CC4)c21)CCNCC3. The molecule has 23 heavy (non-hydrogen) atoms. The van der Waals surface area contributed by atoms with Crippen LogP contribution in [0.1, 0.15) is 47.4 Å². The van der Waals surface area contributed by atoms with Crippen molar-refractivity contribution in [2.45, 2.75) is 44.4 Å². The molecule has 0 atom stereocenters. The van der Waals surface area contributed by atoms with Gasteiger partial charge in [0.2, 0.25) is 0 Å². The molecule has 0 spiro atoms. The van der Waals surface area contributed by atoms with Crippen LogP contribution in [0, 0.1) is 0 Å². The number of fused-ring (bicyclic) bond motifs is 2. The number of nitrogens with zero attached hydrogens (tertiary/aromatic N) is 1. The van der Waals surface area contributed by atoms with Gasteiger partial charge < -0.3 is 15.0 Å². The van der Waals surface area contributed by atoms with Crippen LogP contribution in [0.2, 0.25) is 0 Å². The Balaban J connectivity index is 1.85. The second-order valence-electron chi connectivity index (χ2n) is 7.04. The van der Waals surface area contributed by atoms with Crippen LogP contribution in [0.4, 0.5) is 5.69 Å². The van der Waals surface area contributed by atoms with Gasteiger partial charge in [0.25, 0.3) is 5.91 Å². The summed E-state index contributed by atoms with van der Waals surface area (Å²) in [7, 11) is 1.60. The van der Waals surface area contributed by atoms with Crippen molar-refractivity contribution in [2.75, 3.05) is 38.3 Å². The van der Waals surface area contributed by atoms with E-state index in [2.05, 4.69) is 11.4 Å². The van der Waals surface area contributed by atoms with Crippen LogP contribution in [-0.4, -0.2) is 39.3 Å². The Morgan fingerprint density at radius 3 is 2.87 bits per heavy atom. The Hall–Kier alpha value is -1.39. The van der Waals surface area contributed by atoms with Gasteiger partial charge in [0, 0.05) is 13.7 Å². The van der Waals surface area contributed by atoms with E-state index < -0.39 is 0 Å². The average molecular weight is 314 g/mol. The van der Waals surface area contributed by atoms with Crippen LogP contribution in [0.25, 0.3) is 0 Å². The summed E-state index contributed by atoms with van der Waals surface area (Å²) in [6, 6.07) is 2.40. The maximum absolute atomic E-state index is 12.6. The minimum Gasteiger partial charge on any atom is -0.375 e. The maximum atomic E-state index is 12.6. The number of benzene rings is 1. The number of hydrogen-bond donors (Lipinski definition) is 1. The van der Waals surface area contributed by atoms with Gasteiger partial charge in [-0.25, -0.2) is 0 Å². The molecule has 1 aromatic carbocycles. The highest BCUT2D eigenvalue weighted by molar-refractivity contribution is 5.97. The Bertz CT molecular complexity index is 622. The lowest BCUT2D eigenvalue weighted by atomic mass is 9.86. The summed E-state index contributed by atoms with van der Waals surface area (Å²) in [5.74, 6) is 0.787. The standard InChI is InChI=1S/C19H26N2O2/c1-23-12-17(22)21-10-2-3-15-11-14-6-8-20-9-7-16(14)18(19(15)21)13-4-5-13/h11,13,20H,2-10,12H2,1H3. The number of ether oxygens (including phenoxy) is 1. The normalized spacial score (nSPS) is 20.7. The van der Waals surface area contributed by atoms with Crippen molar-refractivity contribution in [3.8, 4) is 0 Å². The lowest BCUT2D eigenvalue weighted by molar-refractivity contribution is -0.122. The molecule has 1 N–H and O–H groups in total. The average Bonchev–Trinajstić information content (AvgIpc) is 3.39. The van der Waals surface area contributed by atoms with Crippen LogP contribution in [0.15, 0.2) is 6.07 Å². The Kier molecular flexibility index (Phi) is 4.12. The third kappa shape index (κ3) is 2.79. The third-order valence-electron chi connectivity index (χ3n) is 5.40. The van der Waals surface area contributed by atoms with Crippen molar-refractivity contribution in [2.24, 2.45) is 0 Å². The van der Waals surface area contributed by atoms with E-state index in [0.717, 1.165) is 45.3 Å². The summed E-state index contributed by atoms with van der Waals surface area (Å²) in [5, 5.41) is 3.53. The number of anilines is 1. The first-order chi connectivity index (χ1) is 11.3. The molecule has 2 heterocycles. The zero-order valence-electron chi connectivity index (χ0n) is 14.0. The van der Waals surface area contributed by atoms with Gasteiger partial charge in [-0.3, -0.25) is 4.79 Å². The first-order valence-electron chi connectivity index (χ1n) is 8.97. The minimum absolute atomic E-state index is 0.113. The van der Waals surface area contributed by atoms with E-state index >= 15 is 0 Å². The fraction of sp³-hybridized carbons (Fsp3) is 0.632. The molecule has 1 aromatic rings. The van der Waals surface area contributed by atoms with E-state index in [1.165, 1.54) is 40.8 Å². The molecule has 4 heteroatoms. The molecule has 0 bridgehead atoms. The molecular formula is C19H26N2O2. The molecule has 124 valence electrons. The molecular weight excluding hydrogens is 288 g/mol. The lowest BCUT2D eigenvalue weighted by Crippen LogP contribution is -2.39. The number of rotatable bonds is 3. The maximum Gasteiger partial charge on any atom is 0.252 e. The highest BCUT2D eigenvalue weighted by Crippen LogP contribution is 2.49. The van der Waals surface area contributed by atoms with Crippen molar-refractivity contribution in [3.63, 3.8) is 0 Å². The Labute approximate surface area is 138 Å². The van der Waals surface area contributed by atoms with E-state index in [1.54, 1.807) is 7.11 Å². The predicted octanol–water partition coefficient (Wildman–Crippen LogP) is 2.18. The highest BCUT2D eigenvalue weighted by atomic mass is 16.5. The van der Waals surface area contributed by atoms with Crippen LogP contribution in [0.3, 0.4) is 0 Å². The number of aryl methyl sites for hydroxylation is 1. The largest absolute Gasteiger partial charge is 0.375 e. The summed E-state index contributed by atoms with van der Waals surface area (Å²) in [4.78, 5) is 14.6. The zero-order valence-corrected chi connectivity index (χ0v) is 14.0. The fourth-order valence-corrected chi connectivity index (χ4v) is 4.25. The molecule has 0 unspecified atom stereocenters. The smallest absolute Gasteiger partial charge is 0.252 e. The first-order valence-corrected chi connectivity index (χ1v) is 8.97. The molecule has 4 rings (SSSR count). The topological polar surface area (TPSA) is 41.6 Å². The molecule has 0 saturated heterocycles. The second-order valence-corrected chi connectivity index (χ2v) is 7.04. The minimum atomic E-state index is 0.113. The second kappa shape index (κ2) is 6.25. The van der Waals surface area contributed by atoms with Crippen molar-refractivity contribution in [3.05, 3.63) is 28.3 Å². The number of carbonyl (C=O) groups excluding carboxylic acids is 1. The van der Waals surface area contributed by atoms with E-state index in [0.29, 0.717) is 5.92 Å². The molecule has 1 amide bonds. The molecule has 1 saturated carbocycles. The number of amides is 1. The van der Waals surface area contributed by atoms with E-state index in [4.69, 9.17) is 4.74 Å². The van der Waals surface area contributed by atoms with Crippen LogP contribution < -0.4 is 10.2 Å². The fourth-order valence-electron chi connectivity index (χ4n) is 4.25. The molecule has 4 nitrogen and oxygen atoms in total. The molecule has 1 fully saturated rings. The van der Waals surface area contributed by atoms with Crippen molar-refractivity contribution >= 4 is 11.6 Å². The molecule has 3 aliphatic rings. The van der Waals surface area contributed by atoms with Gasteiger partial charge >= 0.3 is 0 Å². The van der Waals surface area contributed by atoms with Crippen molar-refractivity contribution < 1.29 is 9.53 Å². The summed E-state index contributed by atoms with van der Waals surface area (Å²) in [6.45, 7) is 3.15. The van der Waals surface area contributed by atoms with Gasteiger partial charge in [-0.1, -0.05) is 6.07 Å². The van der Waals surface area contributed by atoms with Crippen molar-refractivity contribution in [1.29, 1.82) is 0 Å². The van der Waals surface area contributed by atoms with Crippen LogP contribution >= 0.6 is 0 Å². The summed E-state index contributed by atoms with van der Waals surface area (Å²) in [5.41, 5.74) is 7.21. The number of hydrogen-bond acceptors (Lipinski definition) is 3. The van der Waals surface area contributed by atoms with Crippen molar-refractivity contribution in [1.82, 2.24) is 5.32 Å². The summed E-state index contributed by atoms with van der Waals surface area (Å²) >= 11 is 0. The van der Waals surface area contributed by atoms with Crippen LogP contribution in [-0.2, 0) is 28.8 Å². The van der Waals surface area contributed by atoms with E-state index in [9.17, 15) is 4.79 Å². The third-order valence-corrected chi connectivity index (χ3v) is 5.40. The van der Waals surface area contributed by atoms with E-state index in [-0.39, 0.29) is 12.5 Å².